The zero-order valence-electron chi connectivity index (χ0n) is 12.3. The van der Waals surface area contributed by atoms with Crippen molar-refractivity contribution in [3.8, 4) is 5.75 Å². The first-order valence-corrected chi connectivity index (χ1v) is 7.71. The van der Waals surface area contributed by atoms with E-state index in [4.69, 9.17) is 0 Å². The number of benzene rings is 1. The molecule has 4 heteroatoms. The molecule has 112 valence electrons. The van der Waals surface area contributed by atoms with Crippen molar-refractivity contribution in [3.05, 3.63) is 29.3 Å². The van der Waals surface area contributed by atoms with Gasteiger partial charge in [0.1, 0.15) is 11.5 Å². The quantitative estimate of drug-likeness (QED) is 0.909. The summed E-state index contributed by atoms with van der Waals surface area (Å²) < 4.78 is 0. The number of hydrogen-bond donors (Lipinski definition) is 1. The number of ketones is 1. The van der Waals surface area contributed by atoms with Gasteiger partial charge in [-0.05, 0) is 56.4 Å². The van der Waals surface area contributed by atoms with Crippen LogP contribution in [0.1, 0.15) is 48.0 Å². The Hall–Kier alpha value is -1.84. The molecule has 2 aliphatic rings. The summed E-state index contributed by atoms with van der Waals surface area (Å²) in [6.45, 7) is 2.56. The molecule has 2 atom stereocenters. The molecule has 21 heavy (non-hydrogen) atoms. The van der Waals surface area contributed by atoms with Crippen molar-refractivity contribution in [2.24, 2.45) is 5.92 Å². The van der Waals surface area contributed by atoms with Crippen LogP contribution in [-0.2, 0) is 4.79 Å². The van der Waals surface area contributed by atoms with Crippen molar-refractivity contribution in [2.45, 2.75) is 45.1 Å². The van der Waals surface area contributed by atoms with Gasteiger partial charge in [0.05, 0.1) is 0 Å². The summed E-state index contributed by atoms with van der Waals surface area (Å²) in [5.41, 5.74) is 1.41. The summed E-state index contributed by atoms with van der Waals surface area (Å²) in [6, 6.07) is 4.91. The van der Waals surface area contributed by atoms with Gasteiger partial charge in [0.2, 0.25) is 0 Å². The molecule has 1 aliphatic heterocycles. The molecule has 0 aromatic heterocycles. The van der Waals surface area contributed by atoms with E-state index in [1.165, 1.54) is 0 Å². The van der Waals surface area contributed by atoms with E-state index in [2.05, 4.69) is 0 Å². The maximum Gasteiger partial charge on any atom is 0.254 e. The molecule has 1 amide bonds. The predicted octanol–water partition coefficient (Wildman–Crippen LogP) is 2.67. The van der Waals surface area contributed by atoms with Crippen LogP contribution >= 0.6 is 0 Å². The molecule has 1 aromatic carbocycles. The predicted molar refractivity (Wildman–Crippen MR) is 79.3 cm³/mol. The Kier molecular flexibility index (Phi) is 3.70. The van der Waals surface area contributed by atoms with Crippen LogP contribution in [0, 0.1) is 12.8 Å². The molecule has 4 nitrogen and oxygen atoms in total. The van der Waals surface area contributed by atoms with Crippen LogP contribution in [0.25, 0.3) is 0 Å². The number of phenolic OH excluding ortho intramolecular Hbond substituents is 1. The van der Waals surface area contributed by atoms with Gasteiger partial charge in [-0.2, -0.15) is 0 Å². The normalized spacial score (nSPS) is 25.6. The van der Waals surface area contributed by atoms with Crippen LogP contribution in [0.5, 0.6) is 5.75 Å². The molecule has 1 saturated carbocycles. The zero-order chi connectivity index (χ0) is 15.0. The van der Waals surface area contributed by atoms with Crippen LogP contribution in [0.15, 0.2) is 18.2 Å². The van der Waals surface area contributed by atoms with Crippen LogP contribution in [0.2, 0.25) is 0 Å². The van der Waals surface area contributed by atoms with E-state index in [-0.39, 0.29) is 23.6 Å². The maximum atomic E-state index is 12.8. The molecule has 3 rings (SSSR count). The van der Waals surface area contributed by atoms with Gasteiger partial charge in [-0.15, -0.1) is 0 Å². The minimum Gasteiger partial charge on any atom is -0.508 e. The molecular formula is C17H21NO3. The summed E-state index contributed by atoms with van der Waals surface area (Å²) in [7, 11) is 0. The Morgan fingerprint density at radius 3 is 2.76 bits per heavy atom. The second-order valence-electron chi connectivity index (χ2n) is 6.17. The van der Waals surface area contributed by atoms with Crippen molar-refractivity contribution < 1.29 is 14.7 Å². The fourth-order valence-corrected chi connectivity index (χ4v) is 3.76. The van der Waals surface area contributed by atoms with Crippen LogP contribution in [0.3, 0.4) is 0 Å². The van der Waals surface area contributed by atoms with Gasteiger partial charge in [-0.1, -0.05) is 0 Å². The Morgan fingerprint density at radius 2 is 2.10 bits per heavy atom. The molecule has 1 heterocycles. The molecule has 0 radical (unpaired) electrons. The van der Waals surface area contributed by atoms with E-state index >= 15 is 0 Å². The molecular weight excluding hydrogens is 266 g/mol. The summed E-state index contributed by atoms with van der Waals surface area (Å²) in [4.78, 5) is 26.7. The zero-order valence-corrected chi connectivity index (χ0v) is 12.3. The van der Waals surface area contributed by atoms with Gasteiger partial charge in [0.25, 0.3) is 5.91 Å². The Labute approximate surface area is 124 Å². The van der Waals surface area contributed by atoms with Crippen molar-refractivity contribution in [2.75, 3.05) is 6.54 Å². The van der Waals surface area contributed by atoms with Gasteiger partial charge < -0.3 is 10.0 Å². The van der Waals surface area contributed by atoms with E-state index in [1.54, 1.807) is 18.2 Å². The highest BCUT2D eigenvalue weighted by atomic mass is 16.3. The molecule has 1 saturated heterocycles. The number of rotatable bonds is 2. The standard InChI is InChI=1S/C17H21NO3/c1-11-10-12(19)7-8-13(11)17(21)18-9-3-5-15(18)14-4-2-6-16(14)20/h7-8,10,14-15,19H,2-6,9H2,1H3. The van der Waals surface area contributed by atoms with E-state index in [0.717, 1.165) is 37.8 Å². The molecule has 0 spiro atoms. The van der Waals surface area contributed by atoms with Gasteiger partial charge in [0, 0.05) is 30.5 Å². The average Bonchev–Trinajstić information content (AvgIpc) is 3.06. The van der Waals surface area contributed by atoms with E-state index in [1.807, 2.05) is 11.8 Å². The number of carbonyl (C=O) groups is 2. The third-order valence-electron chi connectivity index (χ3n) is 4.82. The Morgan fingerprint density at radius 1 is 1.29 bits per heavy atom. The molecule has 0 bridgehead atoms. The van der Waals surface area contributed by atoms with E-state index in [9.17, 15) is 14.7 Å². The number of amides is 1. The van der Waals surface area contributed by atoms with Crippen molar-refractivity contribution in [1.29, 1.82) is 0 Å². The summed E-state index contributed by atoms with van der Waals surface area (Å²) in [6.07, 6.45) is 4.44. The number of likely N-dealkylation sites (tertiary alicyclic amines) is 1. The SMILES string of the molecule is Cc1cc(O)ccc1C(=O)N1CCCC1C1CCCC1=O. The van der Waals surface area contributed by atoms with Crippen molar-refractivity contribution in [3.63, 3.8) is 0 Å². The minimum atomic E-state index is -0.00491. The molecule has 1 aliphatic carbocycles. The number of aromatic hydroxyl groups is 1. The number of hydrogen-bond acceptors (Lipinski definition) is 3. The highest BCUT2D eigenvalue weighted by Gasteiger charge is 2.40. The summed E-state index contributed by atoms with van der Waals surface area (Å²) >= 11 is 0. The second kappa shape index (κ2) is 5.51. The minimum absolute atomic E-state index is 0.00491. The van der Waals surface area contributed by atoms with Crippen LogP contribution in [0.4, 0.5) is 0 Å². The Bertz CT molecular complexity index is 581. The number of aryl methyl sites for hydroxylation is 1. The first-order chi connectivity index (χ1) is 10.1. The second-order valence-corrected chi connectivity index (χ2v) is 6.17. The van der Waals surface area contributed by atoms with Crippen molar-refractivity contribution in [1.82, 2.24) is 4.90 Å². The fourth-order valence-electron chi connectivity index (χ4n) is 3.76. The average molecular weight is 287 g/mol. The fraction of sp³-hybridized carbons (Fsp3) is 0.529. The number of Topliss-reactive ketones (excluding diaryl/α,β-unsaturated/α-hetero) is 1. The van der Waals surface area contributed by atoms with Crippen LogP contribution in [-0.4, -0.2) is 34.3 Å². The molecule has 1 N–H and O–H groups in total. The number of nitrogens with zero attached hydrogens (tertiary/aromatic N) is 1. The molecule has 2 unspecified atom stereocenters. The summed E-state index contributed by atoms with van der Waals surface area (Å²) in [5.74, 6) is 0.527. The lowest BCUT2D eigenvalue weighted by Crippen LogP contribution is -2.41. The van der Waals surface area contributed by atoms with E-state index in [0.29, 0.717) is 17.8 Å². The highest BCUT2D eigenvalue weighted by molar-refractivity contribution is 5.96. The Balaban J connectivity index is 1.84. The maximum absolute atomic E-state index is 12.8. The third-order valence-corrected chi connectivity index (χ3v) is 4.82. The largest absolute Gasteiger partial charge is 0.508 e. The van der Waals surface area contributed by atoms with Gasteiger partial charge >= 0.3 is 0 Å². The third kappa shape index (κ3) is 2.55. The smallest absolute Gasteiger partial charge is 0.254 e. The lowest BCUT2D eigenvalue weighted by Gasteiger charge is -2.29. The summed E-state index contributed by atoms with van der Waals surface area (Å²) in [5, 5.41) is 9.47. The number of phenols is 1. The first kappa shape index (κ1) is 14.1. The van der Waals surface area contributed by atoms with Gasteiger partial charge in [-0.25, -0.2) is 0 Å². The molecule has 1 aromatic rings. The highest BCUT2D eigenvalue weighted by Crippen LogP contribution is 2.34. The lowest BCUT2D eigenvalue weighted by atomic mass is 9.94. The van der Waals surface area contributed by atoms with Gasteiger partial charge in [-0.3, -0.25) is 9.59 Å². The van der Waals surface area contributed by atoms with E-state index < -0.39 is 0 Å². The first-order valence-electron chi connectivity index (χ1n) is 7.71. The topological polar surface area (TPSA) is 57.6 Å². The molecule has 2 fully saturated rings. The monoisotopic (exact) mass is 287 g/mol. The van der Waals surface area contributed by atoms with Gasteiger partial charge in [0.15, 0.2) is 0 Å². The lowest BCUT2D eigenvalue weighted by molar-refractivity contribution is -0.121. The van der Waals surface area contributed by atoms with Crippen LogP contribution < -0.4 is 0 Å². The number of carbonyl (C=O) groups excluding carboxylic acids is 2. The van der Waals surface area contributed by atoms with Crippen molar-refractivity contribution >= 4 is 11.7 Å².